The van der Waals surface area contributed by atoms with Gasteiger partial charge in [0.2, 0.25) is 0 Å². The van der Waals surface area contributed by atoms with Gasteiger partial charge >= 0.3 is 0 Å². The van der Waals surface area contributed by atoms with Crippen LogP contribution in [0.3, 0.4) is 0 Å². The highest BCUT2D eigenvalue weighted by Gasteiger charge is 2.30. The molecule has 1 aromatic carbocycles. The predicted molar refractivity (Wildman–Crippen MR) is 89.9 cm³/mol. The van der Waals surface area contributed by atoms with Crippen molar-refractivity contribution in [3.8, 4) is 5.69 Å². The number of aromatic nitrogens is 6. The molecule has 7 nitrogen and oxygen atoms in total. The van der Waals surface area contributed by atoms with Crippen molar-refractivity contribution >= 4 is 0 Å². The van der Waals surface area contributed by atoms with Crippen LogP contribution in [-0.2, 0) is 6.54 Å². The summed E-state index contributed by atoms with van der Waals surface area (Å²) in [5.41, 5.74) is 4.64. The second-order valence-corrected chi connectivity index (χ2v) is 6.59. The van der Waals surface area contributed by atoms with E-state index in [4.69, 9.17) is 0 Å². The Morgan fingerprint density at radius 3 is 2.54 bits per heavy atom. The van der Waals surface area contributed by atoms with Gasteiger partial charge in [-0.2, -0.15) is 9.78 Å². The third kappa shape index (κ3) is 2.60. The summed E-state index contributed by atoms with van der Waals surface area (Å²) in [6.07, 6.45) is 4.01. The Bertz CT molecular complexity index is 837. The fourth-order valence-electron chi connectivity index (χ4n) is 3.29. The molecule has 0 saturated carbocycles. The van der Waals surface area contributed by atoms with Crippen LogP contribution >= 0.6 is 0 Å². The van der Waals surface area contributed by atoms with Gasteiger partial charge in [-0.15, -0.1) is 5.10 Å². The van der Waals surface area contributed by atoms with E-state index in [2.05, 4.69) is 75.4 Å². The molecular formula is C17H21N7. The number of para-hydroxylation sites is 1. The molecule has 0 N–H and O–H groups in total. The maximum atomic E-state index is 4.40. The smallest absolute Gasteiger partial charge is 0.170 e. The Kier molecular flexibility index (Phi) is 3.65. The van der Waals surface area contributed by atoms with Crippen molar-refractivity contribution < 1.29 is 0 Å². The topological polar surface area (TPSA) is 64.7 Å². The van der Waals surface area contributed by atoms with Gasteiger partial charge in [0.05, 0.1) is 24.5 Å². The van der Waals surface area contributed by atoms with E-state index in [0.717, 1.165) is 31.1 Å². The van der Waals surface area contributed by atoms with E-state index < -0.39 is 0 Å². The van der Waals surface area contributed by atoms with Gasteiger partial charge in [0.15, 0.2) is 5.82 Å². The summed E-state index contributed by atoms with van der Waals surface area (Å²) in [5.74, 6) is 0.877. The lowest BCUT2D eigenvalue weighted by molar-refractivity contribution is 0.0872. The van der Waals surface area contributed by atoms with Gasteiger partial charge in [0, 0.05) is 19.3 Å². The molecule has 124 valence electrons. The zero-order valence-corrected chi connectivity index (χ0v) is 14.2. The molecule has 0 radical (unpaired) electrons. The summed E-state index contributed by atoms with van der Waals surface area (Å²) in [6.45, 7) is 8.94. The van der Waals surface area contributed by atoms with Crippen LogP contribution in [0.2, 0.25) is 0 Å². The molecule has 0 spiro atoms. The predicted octanol–water partition coefficient (Wildman–Crippen LogP) is 1.84. The summed E-state index contributed by atoms with van der Waals surface area (Å²) >= 11 is 0. The number of likely N-dealkylation sites (tertiary alicyclic amines) is 1. The summed E-state index contributed by atoms with van der Waals surface area (Å²) in [7, 11) is 0. The van der Waals surface area contributed by atoms with E-state index in [-0.39, 0.29) is 0 Å². The molecule has 0 atom stereocenters. The maximum absolute atomic E-state index is 4.40. The van der Waals surface area contributed by atoms with E-state index in [1.807, 2.05) is 10.9 Å². The summed E-state index contributed by atoms with van der Waals surface area (Å²) < 4.78 is 3.93. The van der Waals surface area contributed by atoms with Crippen molar-refractivity contribution in [2.75, 3.05) is 13.1 Å². The highest BCUT2D eigenvalue weighted by Crippen LogP contribution is 2.24. The molecule has 24 heavy (non-hydrogen) atoms. The largest absolute Gasteiger partial charge is 0.291 e. The normalized spacial score (nSPS) is 15.6. The van der Waals surface area contributed by atoms with E-state index in [0.29, 0.717) is 6.04 Å². The first-order valence-electron chi connectivity index (χ1n) is 8.19. The molecule has 1 aliphatic heterocycles. The van der Waals surface area contributed by atoms with E-state index in [9.17, 15) is 0 Å². The molecule has 2 aromatic heterocycles. The van der Waals surface area contributed by atoms with Crippen molar-refractivity contribution in [1.82, 2.24) is 34.9 Å². The number of tetrazole rings is 1. The minimum absolute atomic E-state index is 0.447. The quantitative estimate of drug-likeness (QED) is 0.733. The lowest BCUT2D eigenvalue weighted by atomic mass is 10.1. The first-order valence-corrected chi connectivity index (χ1v) is 8.19. The number of rotatable bonds is 4. The van der Waals surface area contributed by atoms with E-state index in [1.54, 1.807) is 0 Å². The lowest BCUT2D eigenvalue weighted by Gasteiger charge is -2.38. The molecule has 1 fully saturated rings. The van der Waals surface area contributed by atoms with Crippen LogP contribution in [-0.4, -0.2) is 48.0 Å². The number of nitrogens with zero attached hydrogens (tertiary/aromatic N) is 7. The van der Waals surface area contributed by atoms with Gasteiger partial charge < -0.3 is 0 Å². The standard InChI is InChI=1S/C17H21N7/c1-12-7-18-23(8-12)15-9-22(10-15)11-16-19-20-21-24(16)17-13(2)5-4-6-14(17)3/h4-8,15H,9-11H2,1-3H3. The number of hydrogen-bond donors (Lipinski definition) is 0. The SMILES string of the molecule is Cc1cnn(C2CN(Cc3nnnn3-c3c(C)cccc3C)C2)c1. The van der Waals surface area contributed by atoms with E-state index in [1.165, 1.54) is 16.7 Å². The van der Waals surface area contributed by atoms with Crippen LogP contribution in [0.4, 0.5) is 0 Å². The van der Waals surface area contributed by atoms with Crippen molar-refractivity contribution in [1.29, 1.82) is 0 Å². The Labute approximate surface area is 140 Å². The number of hydrogen-bond acceptors (Lipinski definition) is 5. The molecule has 7 heteroatoms. The van der Waals surface area contributed by atoms with E-state index >= 15 is 0 Å². The molecular weight excluding hydrogens is 302 g/mol. The van der Waals surface area contributed by atoms with Gasteiger partial charge in [0.1, 0.15) is 0 Å². The minimum Gasteiger partial charge on any atom is -0.291 e. The van der Waals surface area contributed by atoms with Crippen LogP contribution in [0.5, 0.6) is 0 Å². The summed E-state index contributed by atoms with van der Waals surface area (Å²) in [5, 5.41) is 16.7. The van der Waals surface area contributed by atoms with Crippen LogP contribution in [0.15, 0.2) is 30.6 Å². The molecule has 0 unspecified atom stereocenters. The highest BCUT2D eigenvalue weighted by atomic mass is 15.6. The van der Waals surface area contributed by atoms with Crippen LogP contribution in [0, 0.1) is 20.8 Å². The molecule has 3 heterocycles. The second-order valence-electron chi connectivity index (χ2n) is 6.59. The second kappa shape index (κ2) is 5.83. The third-order valence-corrected chi connectivity index (χ3v) is 4.59. The molecule has 0 aliphatic carbocycles. The molecule has 4 rings (SSSR count). The van der Waals surface area contributed by atoms with Crippen LogP contribution < -0.4 is 0 Å². The first-order chi connectivity index (χ1) is 11.6. The van der Waals surface area contributed by atoms with Crippen molar-refractivity contribution in [2.45, 2.75) is 33.4 Å². The third-order valence-electron chi connectivity index (χ3n) is 4.59. The Morgan fingerprint density at radius 2 is 1.88 bits per heavy atom. The van der Waals surface area contributed by atoms with Crippen molar-refractivity contribution in [2.24, 2.45) is 0 Å². The molecule has 1 aliphatic rings. The van der Waals surface area contributed by atoms with Crippen molar-refractivity contribution in [3.63, 3.8) is 0 Å². The average molecular weight is 323 g/mol. The lowest BCUT2D eigenvalue weighted by Crippen LogP contribution is -2.47. The van der Waals surface area contributed by atoms with Gasteiger partial charge in [-0.3, -0.25) is 9.58 Å². The molecule has 3 aromatic rings. The van der Waals surface area contributed by atoms with Crippen LogP contribution in [0.25, 0.3) is 5.69 Å². The van der Waals surface area contributed by atoms with Crippen molar-refractivity contribution in [3.05, 3.63) is 53.1 Å². The fourth-order valence-corrected chi connectivity index (χ4v) is 3.29. The molecule has 0 bridgehead atoms. The molecule has 1 saturated heterocycles. The van der Waals surface area contributed by atoms with Gasteiger partial charge in [0.25, 0.3) is 0 Å². The van der Waals surface area contributed by atoms with Gasteiger partial charge in [-0.25, -0.2) is 0 Å². The molecule has 0 amide bonds. The summed E-state index contributed by atoms with van der Waals surface area (Å²) in [4.78, 5) is 2.34. The average Bonchev–Trinajstić information content (AvgIpc) is 3.12. The maximum Gasteiger partial charge on any atom is 0.170 e. The summed E-state index contributed by atoms with van der Waals surface area (Å²) in [6, 6.07) is 6.69. The zero-order valence-electron chi connectivity index (χ0n) is 14.2. The Balaban J connectivity index is 1.49. The van der Waals surface area contributed by atoms with Crippen LogP contribution in [0.1, 0.15) is 28.6 Å². The van der Waals surface area contributed by atoms with Gasteiger partial charge in [-0.1, -0.05) is 18.2 Å². The highest BCUT2D eigenvalue weighted by molar-refractivity contribution is 5.46. The van der Waals surface area contributed by atoms with Gasteiger partial charge in [-0.05, 0) is 47.9 Å². The number of benzene rings is 1. The minimum atomic E-state index is 0.447. The Morgan fingerprint density at radius 1 is 1.12 bits per heavy atom. The fraction of sp³-hybridized carbons (Fsp3) is 0.412. The monoisotopic (exact) mass is 323 g/mol. The Hall–Kier alpha value is -2.54. The number of aryl methyl sites for hydroxylation is 3. The first kappa shape index (κ1) is 15.0. The zero-order chi connectivity index (χ0) is 16.7.